The molecule has 13 heavy (non-hydrogen) atoms. The van der Waals surface area contributed by atoms with Crippen LogP contribution < -0.4 is 0 Å². The van der Waals surface area contributed by atoms with Gasteiger partial charge in [0.1, 0.15) is 0 Å². The third-order valence-corrected chi connectivity index (χ3v) is 2.41. The van der Waals surface area contributed by atoms with E-state index in [1.165, 1.54) is 0 Å². The lowest BCUT2D eigenvalue weighted by molar-refractivity contribution is -0.136. The summed E-state index contributed by atoms with van der Waals surface area (Å²) >= 11 is 5.91. The Morgan fingerprint density at radius 3 is 2.54 bits per heavy atom. The van der Waals surface area contributed by atoms with E-state index in [-0.39, 0.29) is 6.42 Å². The van der Waals surface area contributed by atoms with Crippen LogP contribution in [0.5, 0.6) is 0 Å². The zero-order valence-electron chi connectivity index (χ0n) is 7.60. The molecule has 0 aliphatic heterocycles. The Hall–Kier alpha value is -1.02. The third-order valence-electron chi connectivity index (χ3n) is 2.02. The van der Waals surface area contributed by atoms with Crippen molar-refractivity contribution in [2.24, 2.45) is 0 Å². The van der Waals surface area contributed by atoms with Crippen molar-refractivity contribution in [1.29, 1.82) is 0 Å². The summed E-state index contributed by atoms with van der Waals surface area (Å²) in [5.74, 6) is -0.834. The van der Waals surface area contributed by atoms with E-state index >= 15 is 0 Å². The second kappa shape index (κ2) is 3.79. The quantitative estimate of drug-likeness (QED) is 0.793. The molecule has 0 atom stereocenters. The van der Waals surface area contributed by atoms with Crippen molar-refractivity contribution in [1.82, 2.24) is 0 Å². The molecule has 70 valence electrons. The Labute approximate surface area is 82.2 Å². The van der Waals surface area contributed by atoms with Gasteiger partial charge in [0.25, 0.3) is 0 Å². The summed E-state index contributed by atoms with van der Waals surface area (Å²) < 4.78 is 0. The zero-order valence-corrected chi connectivity index (χ0v) is 8.35. The number of halogens is 1. The molecular formula is C10H11ClO2. The van der Waals surface area contributed by atoms with E-state index in [1.54, 1.807) is 6.07 Å². The number of carboxylic acids is 1. The van der Waals surface area contributed by atoms with Crippen molar-refractivity contribution in [3.05, 3.63) is 33.8 Å². The molecule has 0 bridgehead atoms. The van der Waals surface area contributed by atoms with Crippen molar-refractivity contribution in [2.45, 2.75) is 20.3 Å². The van der Waals surface area contributed by atoms with E-state index in [1.807, 2.05) is 19.9 Å². The van der Waals surface area contributed by atoms with Crippen LogP contribution in [0.15, 0.2) is 12.1 Å². The van der Waals surface area contributed by atoms with Crippen LogP contribution in [0.25, 0.3) is 0 Å². The second-order valence-corrected chi connectivity index (χ2v) is 3.50. The van der Waals surface area contributed by atoms with E-state index in [0.717, 1.165) is 16.7 Å². The van der Waals surface area contributed by atoms with Gasteiger partial charge in [-0.15, -0.1) is 0 Å². The predicted molar refractivity (Wildman–Crippen MR) is 52.3 cm³/mol. The smallest absolute Gasteiger partial charge is 0.307 e. The number of carboxylic acid groups (broad SMARTS) is 1. The van der Waals surface area contributed by atoms with Gasteiger partial charge in [-0.05, 0) is 36.6 Å². The average Bonchev–Trinajstić information content (AvgIpc) is 1.98. The molecular weight excluding hydrogens is 188 g/mol. The molecule has 2 nitrogen and oxygen atoms in total. The van der Waals surface area contributed by atoms with Crippen LogP contribution >= 0.6 is 11.6 Å². The first kappa shape index (κ1) is 10.1. The standard InChI is InChI=1S/C10H11ClO2/c1-6-3-8(5-10(12)13)4-9(11)7(6)2/h3-4H,5H2,1-2H3,(H,12,13). The van der Waals surface area contributed by atoms with Gasteiger partial charge in [-0.3, -0.25) is 4.79 Å². The molecule has 0 unspecified atom stereocenters. The molecule has 0 aliphatic carbocycles. The summed E-state index contributed by atoms with van der Waals surface area (Å²) in [7, 11) is 0. The highest BCUT2D eigenvalue weighted by Crippen LogP contribution is 2.21. The summed E-state index contributed by atoms with van der Waals surface area (Å²) in [6.07, 6.45) is 0.0286. The van der Waals surface area contributed by atoms with Gasteiger partial charge < -0.3 is 5.11 Å². The van der Waals surface area contributed by atoms with Crippen molar-refractivity contribution in [3.63, 3.8) is 0 Å². The van der Waals surface area contributed by atoms with Crippen LogP contribution in [0.1, 0.15) is 16.7 Å². The van der Waals surface area contributed by atoms with Gasteiger partial charge >= 0.3 is 5.97 Å². The molecule has 0 aromatic heterocycles. The Kier molecular flexibility index (Phi) is 2.94. The van der Waals surface area contributed by atoms with Crippen molar-refractivity contribution in [3.8, 4) is 0 Å². The Morgan fingerprint density at radius 1 is 1.46 bits per heavy atom. The van der Waals surface area contributed by atoms with E-state index < -0.39 is 5.97 Å². The summed E-state index contributed by atoms with van der Waals surface area (Å²) in [6, 6.07) is 3.56. The topological polar surface area (TPSA) is 37.3 Å². The van der Waals surface area contributed by atoms with Crippen molar-refractivity contribution >= 4 is 17.6 Å². The molecule has 0 amide bonds. The minimum Gasteiger partial charge on any atom is -0.481 e. The molecule has 0 spiro atoms. The maximum atomic E-state index is 10.4. The van der Waals surface area contributed by atoms with E-state index in [4.69, 9.17) is 16.7 Å². The summed E-state index contributed by atoms with van der Waals surface area (Å²) in [5, 5.41) is 9.21. The van der Waals surface area contributed by atoms with Gasteiger partial charge in [0.2, 0.25) is 0 Å². The fraction of sp³-hybridized carbons (Fsp3) is 0.300. The lowest BCUT2D eigenvalue weighted by Crippen LogP contribution is -2.00. The number of hydrogen-bond donors (Lipinski definition) is 1. The van der Waals surface area contributed by atoms with Gasteiger partial charge in [0.05, 0.1) is 6.42 Å². The maximum Gasteiger partial charge on any atom is 0.307 e. The molecule has 1 aromatic carbocycles. The fourth-order valence-corrected chi connectivity index (χ4v) is 1.45. The SMILES string of the molecule is Cc1cc(CC(=O)O)cc(Cl)c1C. The van der Waals surface area contributed by atoms with Crippen LogP contribution in [-0.4, -0.2) is 11.1 Å². The second-order valence-electron chi connectivity index (χ2n) is 3.09. The molecule has 1 rings (SSSR count). The van der Waals surface area contributed by atoms with Crippen molar-refractivity contribution < 1.29 is 9.90 Å². The average molecular weight is 199 g/mol. The fourth-order valence-electron chi connectivity index (χ4n) is 1.16. The molecule has 0 radical (unpaired) electrons. The predicted octanol–water partition coefficient (Wildman–Crippen LogP) is 2.58. The summed E-state index contributed by atoms with van der Waals surface area (Å²) in [4.78, 5) is 10.4. The first-order valence-corrected chi connectivity index (χ1v) is 4.36. The third kappa shape index (κ3) is 2.46. The van der Waals surface area contributed by atoms with Crippen LogP contribution in [0.2, 0.25) is 5.02 Å². The van der Waals surface area contributed by atoms with Crippen LogP contribution in [0.3, 0.4) is 0 Å². The van der Waals surface area contributed by atoms with Crippen LogP contribution in [-0.2, 0) is 11.2 Å². The molecule has 0 saturated heterocycles. The Bertz CT molecular complexity index is 322. The van der Waals surface area contributed by atoms with Crippen molar-refractivity contribution in [2.75, 3.05) is 0 Å². The number of hydrogen-bond acceptors (Lipinski definition) is 1. The number of carbonyl (C=O) groups is 1. The summed E-state index contributed by atoms with van der Waals surface area (Å²) in [6.45, 7) is 3.84. The molecule has 0 saturated carbocycles. The van der Waals surface area contributed by atoms with Gasteiger partial charge in [0, 0.05) is 5.02 Å². The van der Waals surface area contributed by atoms with Crippen LogP contribution in [0, 0.1) is 13.8 Å². The first-order chi connectivity index (χ1) is 6.00. The number of aryl methyl sites for hydroxylation is 1. The lowest BCUT2D eigenvalue weighted by atomic mass is 10.0. The summed E-state index contributed by atoms with van der Waals surface area (Å²) in [5.41, 5.74) is 2.79. The van der Waals surface area contributed by atoms with E-state index in [9.17, 15) is 4.79 Å². The van der Waals surface area contributed by atoms with E-state index in [0.29, 0.717) is 5.02 Å². The molecule has 1 N–H and O–H groups in total. The Morgan fingerprint density at radius 2 is 2.08 bits per heavy atom. The minimum atomic E-state index is -0.834. The molecule has 0 aliphatic rings. The molecule has 3 heteroatoms. The molecule has 1 aromatic rings. The van der Waals surface area contributed by atoms with Gasteiger partial charge in [-0.2, -0.15) is 0 Å². The highest BCUT2D eigenvalue weighted by atomic mass is 35.5. The number of aliphatic carboxylic acids is 1. The van der Waals surface area contributed by atoms with Crippen LogP contribution in [0.4, 0.5) is 0 Å². The first-order valence-electron chi connectivity index (χ1n) is 3.98. The van der Waals surface area contributed by atoms with E-state index in [2.05, 4.69) is 0 Å². The van der Waals surface area contributed by atoms with Gasteiger partial charge in [-0.25, -0.2) is 0 Å². The minimum absolute atomic E-state index is 0.0286. The molecule has 0 heterocycles. The lowest BCUT2D eigenvalue weighted by Gasteiger charge is -2.05. The maximum absolute atomic E-state index is 10.4. The van der Waals surface area contributed by atoms with Gasteiger partial charge in [-0.1, -0.05) is 17.7 Å². The normalized spacial score (nSPS) is 10.1. The number of benzene rings is 1. The Balaban J connectivity index is 3.06. The molecule has 0 fully saturated rings. The highest BCUT2D eigenvalue weighted by Gasteiger charge is 2.05. The monoisotopic (exact) mass is 198 g/mol. The largest absolute Gasteiger partial charge is 0.481 e. The zero-order chi connectivity index (χ0) is 10.0. The van der Waals surface area contributed by atoms with Gasteiger partial charge in [0.15, 0.2) is 0 Å². The highest BCUT2D eigenvalue weighted by molar-refractivity contribution is 6.31. The number of rotatable bonds is 2.